The highest BCUT2D eigenvalue weighted by molar-refractivity contribution is 5.98. The van der Waals surface area contributed by atoms with Crippen LogP contribution >= 0.6 is 0 Å². The minimum absolute atomic E-state index is 0.0355. The summed E-state index contributed by atoms with van der Waals surface area (Å²) < 4.78 is 13.9. The number of rotatable bonds is 5. The molecule has 1 saturated heterocycles. The van der Waals surface area contributed by atoms with Gasteiger partial charge in [0.2, 0.25) is 0 Å². The van der Waals surface area contributed by atoms with Crippen LogP contribution in [0.2, 0.25) is 0 Å². The number of likely N-dealkylation sites (tertiary alicyclic amines) is 1. The SMILES string of the molecule is CN(Cc1ccccc1)CC1CCN(C(=O)c2cc3c(F)cccc3[nH]2)CC1. The van der Waals surface area contributed by atoms with Crippen molar-refractivity contribution in [3.05, 3.63) is 71.7 Å². The van der Waals surface area contributed by atoms with Gasteiger partial charge in [-0.05, 0) is 49.6 Å². The van der Waals surface area contributed by atoms with Crippen molar-refractivity contribution < 1.29 is 9.18 Å². The van der Waals surface area contributed by atoms with E-state index in [0.29, 0.717) is 22.5 Å². The summed E-state index contributed by atoms with van der Waals surface area (Å²) >= 11 is 0. The topological polar surface area (TPSA) is 39.3 Å². The fourth-order valence-electron chi connectivity index (χ4n) is 4.12. The van der Waals surface area contributed by atoms with Crippen molar-refractivity contribution in [3.8, 4) is 0 Å². The van der Waals surface area contributed by atoms with E-state index in [4.69, 9.17) is 0 Å². The summed E-state index contributed by atoms with van der Waals surface area (Å²) in [5.74, 6) is 0.262. The largest absolute Gasteiger partial charge is 0.350 e. The lowest BCUT2D eigenvalue weighted by Crippen LogP contribution is -2.41. The summed E-state index contributed by atoms with van der Waals surface area (Å²) in [7, 11) is 2.16. The van der Waals surface area contributed by atoms with Crippen LogP contribution in [0.15, 0.2) is 54.6 Å². The smallest absolute Gasteiger partial charge is 0.270 e. The molecular weight excluding hydrogens is 353 g/mol. The third-order valence-corrected chi connectivity index (χ3v) is 5.61. The van der Waals surface area contributed by atoms with Crippen molar-refractivity contribution in [3.63, 3.8) is 0 Å². The highest BCUT2D eigenvalue weighted by Gasteiger charge is 2.25. The standard InChI is InChI=1S/C23H26FN3O/c1-26(15-17-6-3-2-4-7-17)16-18-10-12-27(13-11-18)23(28)22-14-19-20(24)8-5-9-21(19)25-22/h2-9,14,18,25H,10-13,15-16H2,1H3. The first kappa shape index (κ1) is 18.7. The molecule has 0 spiro atoms. The Labute approximate surface area is 165 Å². The van der Waals surface area contributed by atoms with Gasteiger partial charge in [0.05, 0.1) is 0 Å². The second-order valence-corrected chi connectivity index (χ2v) is 7.80. The van der Waals surface area contributed by atoms with E-state index in [1.54, 1.807) is 18.2 Å². The van der Waals surface area contributed by atoms with E-state index in [-0.39, 0.29) is 11.7 Å². The number of hydrogen-bond acceptors (Lipinski definition) is 2. The third kappa shape index (κ3) is 4.09. The molecule has 1 aromatic heterocycles. The Balaban J connectivity index is 1.32. The maximum atomic E-state index is 13.9. The van der Waals surface area contributed by atoms with Crippen LogP contribution in [0.5, 0.6) is 0 Å². The number of H-pyrrole nitrogens is 1. The molecule has 0 bridgehead atoms. The maximum Gasteiger partial charge on any atom is 0.270 e. The molecule has 2 aromatic carbocycles. The van der Waals surface area contributed by atoms with Gasteiger partial charge in [0.15, 0.2) is 0 Å². The normalized spacial score (nSPS) is 15.5. The fourth-order valence-corrected chi connectivity index (χ4v) is 4.12. The van der Waals surface area contributed by atoms with E-state index >= 15 is 0 Å². The van der Waals surface area contributed by atoms with Crippen molar-refractivity contribution in [2.45, 2.75) is 19.4 Å². The summed E-state index contributed by atoms with van der Waals surface area (Å²) in [5.41, 5.74) is 2.46. The first-order chi connectivity index (χ1) is 13.6. The first-order valence-electron chi connectivity index (χ1n) is 9.89. The Morgan fingerprint density at radius 3 is 2.61 bits per heavy atom. The monoisotopic (exact) mass is 379 g/mol. The molecule has 3 aromatic rings. The van der Waals surface area contributed by atoms with E-state index < -0.39 is 0 Å². The maximum absolute atomic E-state index is 13.9. The predicted molar refractivity (Wildman–Crippen MR) is 110 cm³/mol. The van der Waals surface area contributed by atoms with Crippen LogP contribution in [-0.2, 0) is 6.54 Å². The van der Waals surface area contributed by atoms with Gasteiger partial charge in [-0.3, -0.25) is 4.79 Å². The molecule has 0 radical (unpaired) electrons. The summed E-state index contributed by atoms with van der Waals surface area (Å²) in [6.45, 7) is 3.48. The van der Waals surface area contributed by atoms with E-state index in [9.17, 15) is 9.18 Å². The average molecular weight is 379 g/mol. The van der Waals surface area contributed by atoms with Gasteiger partial charge < -0.3 is 14.8 Å². The number of halogens is 1. The quantitative estimate of drug-likeness (QED) is 0.718. The highest BCUT2D eigenvalue weighted by Crippen LogP contribution is 2.23. The molecule has 1 amide bonds. The molecule has 2 heterocycles. The summed E-state index contributed by atoms with van der Waals surface area (Å²) in [6.07, 6.45) is 2.00. The van der Waals surface area contributed by atoms with Crippen LogP contribution in [0.3, 0.4) is 0 Å². The predicted octanol–water partition coefficient (Wildman–Crippen LogP) is 4.29. The van der Waals surface area contributed by atoms with E-state index in [2.05, 4.69) is 41.2 Å². The van der Waals surface area contributed by atoms with E-state index in [1.165, 1.54) is 11.6 Å². The van der Waals surface area contributed by atoms with Gasteiger partial charge >= 0.3 is 0 Å². The lowest BCUT2D eigenvalue weighted by molar-refractivity contribution is 0.0667. The summed E-state index contributed by atoms with van der Waals surface area (Å²) in [6, 6.07) is 17.0. The van der Waals surface area contributed by atoms with Crippen LogP contribution in [0.25, 0.3) is 10.9 Å². The second-order valence-electron chi connectivity index (χ2n) is 7.80. The molecule has 5 heteroatoms. The fraction of sp³-hybridized carbons (Fsp3) is 0.348. The van der Waals surface area contributed by atoms with Gasteiger partial charge in [-0.15, -0.1) is 0 Å². The lowest BCUT2D eigenvalue weighted by Gasteiger charge is -2.33. The molecule has 1 fully saturated rings. The van der Waals surface area contributed by atoms with Gasteiger partial charge in [-0.2, -0.15) is 0 Å². The minimum Gasteiger partial charge on any atom is -0.350 e. The summed E-state index contributed by atoms with van der Waals surface area (Å²) in [5, 5.41) is 0.475. The zero-order chi connectivity index (χ0) is 19.5. The van der Waals surface area contributed by atoms with Crippen LogP contribution in [0.1, 0.15) is 28.9 Å². The molecular formula is C23H26FN3O. The molecule has 1 N–H and O–H groups in total. The average Bonchev–Trinajstić information content (AvgIpc) is 3.14. The number of nitrogens with zero attached hydrogens (tertiary/aromatic N) is 2. The Hall–Kier alpha value is -2.66. The molecule has 28 heavy (non-hydrogen) atoms. The number of carbonyl (C=O) groups excluding carboxylic acids is 1. The third-order valence-electron chi connectivity index (χ3n) is 5.61. The molecule has 0 unspecified atom stereocenters. The van der Waals surface area contributed by atoms with Crippen LogP contribution in [0.4, 0.5) is 4.39 Å². The number of benzene rings is 2. The van der Waals surface area contributed by atoms with Gasteiger partial charge in [0.1, 0.15) is 11.5 Å². The second kappa shape index (κ2) is 8.15. The van der Waals surface area contributed by atoms with Crippen LogP contribution < -0.4 is 0 Å². The molecule has 0 atom stereocenters. The number of carbonyl (C=O) groups is 1. The molecule has 0 aliphatic carbocycles. The number of hydrogen-bond donors (Lipinski definition) is 1. The highest BCUT2D eigenvalue weighted by atomic mass is 19.1. The number of aromatic amines is 1. The molecule has 1 aliphatic heterocycles. The van der Waals surface area contributed by atoms with Crippen molar-refractivity contribution in [1.29, 1.82) is 0 Å². The molecule has 146 valence electrons. The Morgan fingerprint density at radius 2 is 1.89 bits per heavy atom. The number of amides is 1. The van der Waals surface area contributed by atoms with Gasteiger partial charge in [0, 0.05) is 37.1 Å². The zero-order valence-corrected chi connectivity index (χ0v) is 16.2. The number of fused-ring (bicyclic) bond motifs is 1. The van der Waals surface area contributed by atoms with Crippen molar-refractivity contribution in [2.75, 3.05) is 26.7 Å². The van der Waals surface area contributed by atoms with Crippen molar-refractivity contribution in [2.24, 2.45) is 5.92 Å². The van der Waals surface area contributed by atoms with Gasteiger partial charge in [-0.1, -0.05) is 36.4 Å². The van der Waals surface area contributed by atoms with Crippen LogP contribution in [-0.4, -0.2) is 47.4 Å². The molecule has 0 saturated carbocycles. The molecule has 4 nitrogen and oxygen atoms in total. The van der Waals surface area contributed by atoms with E-state index in [1.807, 2.05) is 11.0 Å². The van der Waals surface area contributed by atoms with Gasteiger partial charge in [-0.25, -0.2) is 4.39 Å². The van der Waals surface area contributed by atoms with Crippen molar-refractivity contribution in [1.82, 2.24) is 14.8 Å². The lowest BCUT2D eigenvalue weighted by atomic mass is 9.96. The summed E-state index contributed by atoms with van der Waals surface area (Å²) in [4.78, 5) is 20.1. The Bertz CT molecular complexity index is 945. The van der Waals surface area contributed by atoms with Crippen LogP contribution in [0, 0.1) is 11.7 Å². The van der Waals surface area contributed by atoms with E-state index in [0.717, 1.165) is 39.0 Å². The van der Waals surface area contributed by atoms with Gasteiger partial charge in [0.25, 0.3) is 5.91 Å². The minimum atomic E-state index is -0.298. The Morgan fingerprint density at radius 1 is 1.14 bits per heavy atom. The number of piperidine rings is 1. The number of nitrogens with one attached hydrogen (secondary N) is 1. The molecule has 4 rings (SSSR count). The first-order valence-corrected chi connectivity index (χ1v) is 9.89. The number of aromatic nitrogens is 1. The Kier molecular flexibility index (Phi) is 5.44. The van der Waals surface area contributed by atoms with Crippen molar-refractivity contribution >= 4 is 16.8 Å². The molecule has 1 aliphatic rings. The zero-order valence-electron chi connectivity index (χ0n) is 16.2.